The monoisotopic (exact) mass is 289 g/mol. The maximum absolute atomic E-state index is 5.34. The van der Waals surface area contributed by atoms with E-state index in [1.807, 2.05) is 0 Å². The molecule has 2 rings (SSSR count). The number of ether oxygens (including phenoxy) is 1. The van der Waals surface area contributed by atoms with Crippen molar-refractivity contribution in [3.05, 3.63) is 20.8 Å². The quantitative estimate of drug-likeness (QED) is 0.842. The third-order valence-electron chi connectivity index (χ3n) is 2.67. The van der Waals surface area contributed by atoms with Crippen molar-refractivity contribution in [3.8, 4) is 0 Å². The van der Waals surface area contributed by atoms with Crippen LogP contribution in [0.3, 0.4) is 0 Å². The van der Waals surface area contributed by atoms with Crippen LogP contribution >= 0.6 is 27.3 Å². The summed E-state index contributed by atoms with van der Waals surface area (Å²) < 4.78 is 6.53. The van der Waals surface area contributed by atoms with Gasteiger partial charge in [0.15, 0.2) is 0 Å². The minimum atomic E-state index is 0.785. The molecule has 1 aromatic rings. The standard InChI is InChI=1S/C11H16BrNOS/c12-10-5-11(15-8-10)6-13-3-1-9-2-4-14-7-9/h5,8-9,13H,1-4,6-7H2. The van der Waals surface area contributed by atoms with E-state index in [9.17, 15) is 0 Å². The molecule has 0 aliphatic carbocycles. The maximum Gasteiger partial charge on any atom is 0.0495 e. The summed E-state index contributed by atoms with van der Waals surface area (Å²) in [7, 11) is 0. The van der Waals surface area contributed by atoms with Gasteiger partial charge in [-0.3, -0.25) is 0 Å². The van der Waals surface area contributed by atoms with Crippen LogP contribution in [0.4, 0.5) is 0 Å². The molecule has 1 atom stereocenters. The third-order valence-corrected chi connectivity index (χ3v) is 4.37. The van der Waals surface area contributed by atoms with Gasteiger partial charge in [-0.15, -0.1) is 11.3 Å². The molecule has 0 bridgehead atoms. The number of hydrogen-bond acceptors (Lipinski definition) is 3. The Morgan fingerprint density at radius 3 is 3.20 bits per heavy atom. The molecule has 15 heavy (non-hydrogen) atoms. The van der Waals surface area contributed by atoms with Crippen LogP contribution in [-0.2, 0) is 11.3 Å². The Hall–Kier alpha value is 0.1000. The molecule has 1 aliphatic heterocycles. The van der Waals surface area contributed by atoms with Gasteiger partial charge in [0.2, 0.25) is 0 Å². The fourth-order valence-electron chi connectivity index (χ4n) is 1.78. The Labute approximate surface area is 103 Å². The first-order valence-corrected chi connectivity index (χ1v) is 7.03. The Morgan fingerprint density at radius 1 is 1.60 bits per heavy atom. The number of hydrogen-bond donors (Lipinski definition) is 1. The second kappa shape index (κ2) is 5.99. The van der Waals surface area contributed by atoms with Crippen LogP contribution in [0.25, 0.3) is 0 Å². The first-order valence-electron chi connectivity index (χ1n) is 5.36. The number of rotatable bonds is 5. The SMILES string of the molecule is Brc1csc(CNCCC2CCOC2)c1. The van der Waals surface area contributed by atoms with Gasteiger partial charge < -0.3 is 10.1 Å². The summed E-state index contributed by atoms with van der Waals surface area (Å²) in [6.07, 6.45) is 2.48. The Kier molecular flexibility index (Phi) is 4.62. The van der Waals surface area contributed by atoms with E-state index in [0.29, 0.717) is 0 Å². The van der Waals surface area contributed by atoms with E-state index in [-0.39, 0.29) is 0 Å². The highest BCUT2D eigenvalue weighted by Crippen LogP contribution is 2.19. The van der Waals surface area contributed by atoms with Crippen LogP contribution in [0.2, 0.25) is 0 Å². The Balaban J connectivity index is 1.58. The molecule has 1 aromatic heterocycles. The predicted molar refractivity (Wildman–Crippen MR) is 67.3 cm³/mol. The molecule has 2 nitrogen and oxygen atoms in total. The molecule has 4 heteroatoms. The van der Waals surface area contributed by atoms with E-state index in [1.54, 1.807) is 11.3 Å². The summed E-state index contributed by atoms with van der Waals surface area (Å²) in [5, 5.41) is 5.60. The highest BCUT2D eigenvalue weighted by molar-refractivity contribution is 9.10. The lowest BCUT2D eigenvalue weighted by atomic mass is 10.1. The lowest BCUT2D eigenvalue weighted by molar-refractivity contribution is 0.184. The van der Waals surface area contributed by atoms with Gasteiger partial charge >= 0.3 is 0 Å². The summed E-state index contributed by atoms with van der Waals surface area (Å²) >= 11 is 5.26. The van der Waals surface area contributed by atoms with E-state index >= 15 is 0 Å². The average Bonchev–Trinajstić information content (AvgIpc) is 2.84. The lowest BCUT2D eigenvalue weighted by Crippen LogP contribution is -2.17. The summed E-state index contributed by atoms with van der Waals surface area (Å²) in [6, 6.07) is 2.18. The van der Waals surface area contributed by atoms with Gasteiger partial charge in [0.1, 0.15) is 0 Å². The summed E-state index contributed by atoms with van der Waals surface area (Å²) in [6.45, 7) is 4.02. The van der Waals surface area contributed by atoms with Crippen molar-refractivity contribution in [1.29, 1.82) is 0 Å². The minimum absolute atomic E-state index is 0.785. The second-order valence-electron chi connectivity index (χ2n) is 3.93. The van der Waals surface area contributed by atoms with Crippen molar-refractivity contribution in [2.24, 2.45) is 5.92 Å². The van der Waals surface area contributed by atoms with Gasteiger partial charge in [0.25, 0.3) is 0 Å². The topological polar surface area (TPSA) is 21.3 Å². The molecule has 0 radical (unpaired) electrons. The first-order chi connectivity index (χ1) is 7.34. The van der Waals surface area contributed by atoms with Crippen molar-refractivity contribution in [3.63, 3.8) is 0 Å². The van der Waals surface area contributed by atoms with Crippen LogP contribution in [0.5, 0.6) is 0 Å². The zero-order valence-corrected chi connectivity index (χ0v) is 11.1. The van der Waals surface area contributed by atoms with Gasteiger partial charge in [-0.05, 0) is 47.3 Å². The second-order valence-corrected chi connectivity index (χ2v) is 5.84. The molecule has 0 aromatic carbocycles. The molecule has 84 valence electrons. The molecule has 2 heterocycles. The van der Waals surface area contributed by atoms with E-state index in [2.05, 4.69) is 32.7 Å². The number of halogens is 1. The Bertz CT molecular complexity index is 297. The van der Waals surface area contributed by atoms with Crippen molar-refractivity contribution >= 4 is 27.3 Å². The molecular formula is C11H16BrNOS. The zero-order chi connectivity index (χ0) is 10.5. The van der Waals surface area contributed by atoms with Gasteiger partial charge in [0.05, 0.1) is 0 Å². The van der Waals surface area contributed by atoms with Crippen LogP contribution in [0.1, 0.15) is 17.7 Å². The zero-order valence-electron chi connectivity index (χ0n) is 8.67. The molecule has 1 N–H and O–H groups in total. The molecule has 1 saturated heterocycles. The summed E-state index contributed by atoms with van der Waals surface area (Å²) in [5.41, 5.74) is 0. The Morgan fingerprint density at radius 2 is 2.53 bits per heavy atom. The summed E-state index contributed by atoms with van der Waals surface area (Å²) in [5.74, 6) is 0.785. The average molecular weight is 290 g/mol. The van der Waals surface area contributed by atoms with Gasteiger partial charge in [0, 0.05) is 34.5 Å². The fourth-order valence-corrected chi connectivity index (χ4v) is 3.20. The van der Waals surface area contributed by atoms with Gasteiger partial charge in [-0.1, -0.05) is 0 Å². The molecule has 0 saturated carbocycles. The highest BCUT2D eigenvalue weighted by Gasteiger charge is 2.14. The largest absolute Gasteiger partial charge is 0.381 e. The van der Waals surface area contributed by atoms with Crippen molar-refractivity contribution in [1.82, 2.24) is 5.32 Å². The molecule has 1 unspecified atom stereocenters. The lowest BCUT2D eigenvalue weighted by Gasteiger charge is -2.07. The van der Waals surface area contributed by atoms with Crippen LogP contribution in [-0.4, -0.2) is 19.8 Å². The van der Waals surface area contributed by atoms with Crippen LogP contribution in [0.15, 0.2) is 15.9 Å². The van der Waals surface area contributed by atoms with Crippen LogP contribution < -0.4 is 5.32 Å². The van der Waals surface area contributed by atoms with Gasteiger partial charge in [-0.25, -0.2) is 0 Å². The van der Waals surface area contributed by atoms with Gasteiger partial charge in [-0.2, -0.15) is 0 Å². The molecule has 0 spiro atoms. The van der Waals surface area contributed by atoms with E-state index in [1.165, 1.54) is 22.2 Å². The maximum atomic E-state index is 5.34. The smallest absolute Gasteiger partial charge is 0.0495 e. The number of nitrogens with one attached hydrogen (secondary N) is 1. The normalized spacial score (nSPS) is 21.0. The highest BCUT2D eigenvalue weighted by atomic mass is 79.9. The first kappa shape index (κ1) is 11.6. The molecule has 1 fully saturated rings. The third kappa shape index (κ3) is 3.87. The minimum Gasteiger partial charge on any atom is -0.381 e. The fraction of sp³-hybridized carbons (Fsp3) is 0.636. The van der Waals surface area contributed by atoms with Crippen LogP contribution in [0, 0.1) is 5.92 Å². The molecule has 0 amide bonds. The summed E-state index contributed by atoms with van der Waals surface area (Å²) in [4.78, 5) is 1.39. The predicted octanol–water partition coefficient (Wildman–Crippen LogP) is 3.03. The molecular weight excluding hydrogens is 274 g/mol. The van der Waals surface area contributed by atoms with E-state index < -0.39 is 0 Å². The van der Waals surface area contributed by atoms with Crippen molar-refractivity contribution < 1.29 is 4.74 Å². The number of thiophene rings is 1. The molecule has 1 aliphatic rings. The van der Waals surface area contributed by atoms with Crippen molar-refractivity contribution in [2.75, 3.05) is 19.8 Å². The van der Waals surface area contributed by atoms with E-state index in [4.69, 9.17) is 4.74 Å². The van der Waals surface area contributed by atoms with Crippen molar-refractivity contribution in [2.45, 2.75) is 19.4 Å². The van der Waals surface area contributed by atoms with E-state index in [0.717, 1.165) is 32.2 Å².